The molecule has 0 bridgehead atoms. The molecular formula is C24H25BrClNO3. The van der Waals surface area contributed by atoms with Crippen LogP contribution in [0.3, 0.4) is 0 Å². The third kappa shape index (κ3) is 5.83. The van der Waals surface area contributed by atoms with E-state index in [1.54, 1.807) is 7.11 Å². The molecule has 3 rings (SSSR count). The van der Waals surface area contributed by atoms with E-state index >= 15 is 0 Å². The van der Waals surface area contributed by atoms with Crippen molar-refractivity contribution in [2.24, 2.45) is 0 Å². The predicted octanol–water partition coefficient (Wildman–Crippen LogP) is 7.01. The third-order valence-electron chi connectivity index (χ3n) is 4.56. The Labute approximate surface area is 191 Å². The van der Waals surface area contributed by atoms with Gasteiger partial charge < -0.3 is 19.5 Å². The lowest BCUT2D eigenvalue weighted by molar-refractivity contribution is 0.269. The summed E-state index contributed by atoms with van der Waals surface area (Å²) in [5.74, 6) is 2.08. The van der Waals surface area contributed by atoms with E-state index in [4.69, 9.17) is 25.8 Å². The molecule has 0 heterocycles. The van der Waals surface area contributed by atoms with E-state index in [1.165, 1.54) is 5.56 Å². The van der Waals surface area contributed by atoms with Gasteiger partial charge in [0, 0.05) is 16.7 Å². The molecule has 6 heteroatoms. The molecule has 0 radical (unpaired) electrons. The summed E-state index contributed by atoms with van der Waals surface area (Å²) < 4.78 is 18.0. The Morgan fingerprint density at radius 2 is 1.67 bits per heavy atom. The summed E-state index contributed by atoms with van der Waals surface area (Å²) in [7, 11) is 1.60. The van der Waals surface area contributed by atoms with Crippen LogP contribution >= 0.6 is 27.5 Å². The van der Waals surface area contributed by atoms with Crippen molar-refractivity contribution < 1.29 is 14.2 Å². The van der Waals surface area contributed by atoms with E-state index in [0.717, 1.165) is 27.0 Å². The highest BCUT2D eigenvalue weighted by molar-refractivity contribution is 9.10. The highest BCUT2D eigenvalue weighted by Gasteiger charge is 2.12. The van der Waals surface area contributed by atoms with Crippen LogP contribution in [0.1, 0.15) is 23.6 Å². The van der Waals surface area contributed by atoms with Gasteiger partial charge in [-0.05, 0) is 55.3 Å². The first-order valence-electron chi connectivity index (χ1n) is 9.71. The first-order chi connectivity index (χ1) is 14.5. The Morgan fingerprint density at radius 1 is 0.933 bits per heavy atom. The molecule has 0 aromatic heterocycles. The van der Waals surface area contributed by atoms with Gasteiger partial charge in [-0.1, -0.05) is 57.4 Å². The normalized spacial score (nSPS) is 10.6. The molecule has 0 aliphatic carbocycles. The average molecular weight is 491 g/mol. The second-order valence-electron chi connectivity index (χ2n) is 6.80. The van der Waals surface area contributed by atoms with Crippen LogP contribution in [-0.2, 0) is 13.2 Å². The average Bonchev–Trinajstić information content (AvgIpc) is 2.74. The molecule has 0 unspecified atom stereocenters. The first kappa shape index (κ1) is 22.3. The van der Waals surface area contributed by atoms with Gasteiger partial charge in [0.2, 0.25) is 0 Å². The van der Waals surface area contributed by atoms with Crippen LogP contribution in [0.2, 0.25) is 5.02 Å². The molecule has 0 aliphatic heterocycles. The highest BCUT2D eigenvalue weighted by atomic mass is 79.9. The molecule has 0 aliphatic rings. The number of anilines is 1. The van der Waals surface area contributed by atoms with Gasteiger partial charge in [-0.3, -0.25) is 0 Å². The quantitative estimate of drug-likeness (QED) is 0.350. The van der Waals surface area contributed by atoms with Crippen LogP contribution in [0.5, 0.6) is 17.2 Å². The number of benzene rings is 3. The van der Waals surface area contributed by atoms with Gasteiger partial charge in [0.1, 0.15) is 12.4 Å². The van der Waals surface area contributed by atoms with Crippen molar-refractivity contribution in [3.8, 4) is 17.2 Å². The molecule has 3 aromatic carbocycles. The van der Waals surface area contributed by atoms with Crippen molar-refractivity contribution in [2.45, 2.75) is 27.0 Å². The van der Waals surface area contributed by atoms with E-state index in [0.29, 0.717) is 36.3 Å². The number of methoxy groups -OCH3 is 1. The number of aryl methyl sites for hydroxylation is 1. The second kappa shape index (κ2) is 10.6. The lowest BCUT2D eigenvalue weighted by Crippen LogP contribution is -2.04. The summed E-state index contributed by atoms with van der Waals surface area (Å²) in [5, 5.41) is 3.95. The Kier molecular flexibility index (Phi) is 7.88. The molecule has 0 saturated heterocycles. The fraction of sp³-hybridized carbons (Fsp3) is 0.250. The highest BCUT2D eigenvalue weighted by Crippen LogP contribution is 2.35. The van der Waals surface area contributed by atoms with E-state index in [2.05, 4.69) is 52.4 Å². The minimum Gasteiger partial charge on any atom is -0.495 e. The molecule has 0 saturated carbocycles. The molecule has 0 spiro atoms. The fourth-order valence-electron chi connectivity index (χ4n) is 2.91. The Balaban J connectivity index is 1.73. The van der Waals surface area contributed by atoms with Gasteiger partial charge >= 0.3 is 0 Å². The monoisotopic (exact) mass is 489 g/mol. The molecule has 0 fully saturated rings. The predicted molar refractivity (Wildman–Crippen MR) is 126 cm³/mol. The molecule has 30 heavy (non-hydrogen) atoms. The zero-order valence-corrected chi connectivity index (χ0v) is 19.6. The summed E-state index contributed by atoms with van der Waals surface area (Å²) in [5.41, 5.74) is 4.30. The van der Waals surface area contributed by atoms with E-state index < -0.39 is 0 Å². The number of hydrogen-bond donors (Lipinski definition) is 1. The number of rotatable bonds is 9. The number of nitrogens with one attached hydrogen (secondary N) is 1. The largest absolute Gasteiger partial charge is 0.495 e. The molecule has 3 aromatic rings. The zero-order valence-electron chi connectivity index (χ0n) is 17.3. The summed E-state index contributed by atoms with van der Waals surface area (Å²) in [4.78, 5) is 0. The summed E-state index contributed by atoms with van der Waals surface area (Å²) in [6, 6.07) is 17.9. The Bertz CT molecular complexity index is 992. The lowest BCUT2D eigenvalue weighted by Gasteiger charge is -2.16. The maximum absolute atomic E-state index is 6.21. The third-order valence-corrected chi connectivity index (χ3v) is 5.60. The van der Waals surface area contributed by atoms with Crippen LogP contribution in [-0.4, -0.2) is 13.7 Å². The van der Waals surface area contributed by atoms with Gasteiger partial charge in [-0.2, -0.15) is 0 Å². The van der Waals surface area contributed by atoms with Gasteiger partial charge in [0.05, 0.1) is 18.7 Å². The zero-order chi connectivity index (χ0) is 21.5. The van der Waals surface area contributed by atoms with Crippen molar-refractivity contribution in [1.82, 2.24) is 0 Å². The molecular weight excluding hydrogens is 466 g/mol. The van der Waals surface area contributed by atoms with Crippen molar-refractivity contribution in [3.63, 3.8) is 0 Å². The first-order valence-corrected chi connectivity index (χ1v) is 10.9. The maximum atomic E-state index is 6.21. The number of halogens is 2. The summed E-state index contributed by atoms with van der Waals surface area (Å²) >= 11 is 9.87. The lowest BCUT2D eigenvalue weighted by atomic mass is 10.1. The van der Waals surface area contributed by atoms with Gasteiger partial charge in [-0.15, -0.1) is 0 Å². The summed E-state index contributed by atoms with van der Waals surface area (Å²) in [6.07, 6.45) is 0. The van der Waals surface area contributed by atoms with E-state index in [-0.39, 0.29) is 0 Å². The Hall–Kier alpha value is -2.37. The van der Waals surface area contributed by atoms with Crippen LogP contribution in [0, 0.1) is 6.92 Å². The molecule has 1 N–H and O–H groups in total. The second-order valence-corrected chi connectivity index (χ2v) is 8.06. The van der Waals surface area contributed by atoms with E-state index in [9.17, 15) is 0 Å². The summed E-state index contributed by atoms with van der Waals surface area (Å²) in [6.45, 7) is 5.67. The van der Waals surface area contributed by atoms with Crippen LogP contribution < -0.4 is 19.5 Å². The van der Waals surface area contributed by atoms with Crippen molar-refractivity contribution in [3.05, 3.63) is 80.8 Å². The molecule has 158 valence electrons. The maximum Gasteiger partial charge on any atom is 0.162 e. The van der Waals surface area contributed by atoms with Crippen molar-refractivity contribution >= 4 is 33.2 Å². The molecule has 4 nitrogen and oxygen atoms in total. The van der Waals surface area contributed by atoms with E-state index in [1.807, 2.05) is 37.3 Å². The van der Waals surface area contributed by atoms with Gasteiger partial charge in [0.15, 0.2) is 11.5 Å². The van der Waals surface area contributed by atoms with Crippen LogP contribution in [0.25, 0.3) is 0 Å². The minimum absolute atomic E-state index is 0.481. The number of hydrogen-bond acceptors (Lipinski definition) is 4. The smallest absolute Gasteiger partial charge is 0.162 e. The van der Waals surface area contributed by atoms with Crippen molar-refractivity contribution in [1.29, 1.82) is 0 Å². The fourth-order valence-corrected chi connectivity index (χ4v) is 3.63. The van der Waals surface area contributed by atoms with Crippen molar-refractivity contribution in [2.75, 3.05) is 19.0 Å². The van der Waals surface area contributed by atoms with Crippen LogP contribution in [0.4, 0.5) is 5.69 Å². The number of ether oxygens (including phenoxy) is 3. The van der Waals surface area contributed by atoms with Gasteiger partial charge in [-0.25, -0.2) is 0 Å². The topological polar surface area (TPSA) is 39.7 Å². The molecule has 0 atom stereocenters. The standard InChI is InChI=1S/C24H25BrClNO3/c1-4-29-23-11-18(14-27-19-9-10-22(28-3)21(26)12-19)20(25)13-24(23)30-15-17-7-5-16(2)6-8-17/h5-13,27H,4,14-15H2,1-3H3. The van der Waals surface area contributed by atoms with Crippen LogP contribution in [0.15, 0.2) is 59.1 Å². The van der Waals surface area contributed by atoms with Gasteiger partial charge in [0.25, 0.3) is 0 Å². The minimum atomic E-state index is 0.481. The Morgan fingerprint density at radius 3 is 2.33 bits per heavy atom. The molecule has 0 amide bonds. The SMILES string of the molecule is CCOc1cc(CNc2ccc(OC)c(Cl)c2)c(Br)cc1OCc1ccc(C)cc1.